The molecule has 8 heteroatoms. The Balaban J connectivity index is 1.85. The molecular weight excluding hydrogens is 334 g/mol. The highest BCUT2D eigenvalue weighted by atomic mass is 16.8. The van der Waals surface area contributed by atoms with E-state index < -0.39 is 20.2 Å². The fraction of sp³-hybridized carbons (Fsp3) is 1.00. The molecular formula is C18H36B2O6. The van der Waals surface area contributed by atoms with Crippen LogP contribution in [0.15, 0.2) is 0 Å². The largest absolute Gasteiger partial charge is 0.640 e. The van der Waals surface area contributed by atoms with Gasteiger partial charge in [0, 0.05) is 18.3 Å². The molecule has 26 heavy (non-hydrogen) atoms. The summed E-state index contributed by atoms with van der Waals surface area (Å²) in [5.74, 6) is 0. The maximum Gasteiger partial charge on any atom is 0.640 e. The molecule has 0 saturated carbocycles. The molecule has 0 amide bonds. The molecule has 150 valence electrons. The first-order valence-electron chi connectivity index (χ1n) is 9.75. The van der Waals surface area contributed by atoms with E-state index in [2.05, 4.69) is 27.7 Å². The zero-order valence-electron chi connectivity index (χ0n) is 18.0. The molecule has 2 fully saturated rings. The lowest BCUT2D eigenvalue weighted by Gasteiger charge is -2.41. The van der Waals surface area contributed by atoms with Gasteiger partial charge in [0.2, 0.25) is 0 Å². The van der Waals surface area contributed by atoms with E-state index >= 15 is 0 Å². The van der Waals surface area contributed by atoms with Crippen molar-refractivity contribution in [3.05, 3.63) is 0 Å². The van der Waals surface area contributed by atoms with E-state index in [9.17, 15) is 0 Å². The third kappa shape index (κ3) is 7.13. The van der Waals surface area contributed by atoms with Crippen molar-refractivity contribution in [1.29, 1.82) is 0 Å². The molecule has 2 heterocycles. The van der Waals surface area contributed by atoms with Gasteiger partial charge in [-0.05, 0) is 81.6 Å². The highest BCUT2D eigenvalue weighted by molar-refractivity contribution is 6.37. The second kappa shape index (κ2) is 8.10. The molecule has 0 radical (unpaired) electrons. The molecule has 6 nitrogen and oxygen atoms in total. The summed E-state index contributed by atoms with van der Waals surface area (Å²) in [7, 11) is -1.32. The average molecular weight is 370 g/mol. The predicted octanol–water partition coefficient (Wildman–Crippen LogP) is 3.75. The first-order valence-corrected chi connectivity index (χ1v) is 9.75. The summed E-state index contributed by atoms with van der Waals surface area (Å²) < 4.78 is 35.4. The highest BCUT2D eigenvalue weighted by Crippen LogP contribution is 2.31. The fourth-order valence-electron chi connectivity index (χ4n) is 3.88. The number of hydrogen-bond acceptors (Lipinski definition) is 6. The van der Waals surface area contributed by atoms with Crippen LogP contribution in [-0.4, -0.2) is 49.8 Å². The van der Waals surface area contributed by atoms with E-state index in [-0.39, 0.29) is 29.5 Å². The molecule has 2 aliphatic heterocycles. The molecule has 0 spiro atoms. The first-order chi connectivity index (χ1) is 11.8. The van der Waals surface area contributed by atoms with Crippen molar-refractivity contribution in [2.24, 2.45) is 0 Å². The lowest BCUT2D eigenvalue weighted by Crippen LogP contribution is -2.51. The highest BCUT2D eigenvalue weighted by Gasteiger charge is 2.44. The summed E-state index contributed by atoms with van der Waals surface area (Å²) in [5.41, 5.74) is -0.987. The number of hydrogen-bond donors (Lipinski definition) is 0. The SMILES string of the molecule is C[C@H]1CC(C)(C)OB(O[C@@H](C)CC(C)(C)OB2O[C@@H](C)CC(C)(C)O2)O1. The van der Waals surface area contributed by atoms with Crippen molar-refractivity contribution in [2.75, 3.05) is 0 Å². The van der Waals surface area contributed by atoms with Crippen LogP contribution < -0.4 is 0 Å². The van der Waals surface area contributed by atoms with Crippen molar-refractivity contribution in [2.45, 2.75) is 117 Å². The van der Waals surface area contributed by atoms with Crippen molar-refractivity contribution in [1.82, 2.24) is 0 Å². The summed E-state index contributed by atoms with van der Waals surface area (Å²) >= 11 is 0. The van der Waals surface area contributed by atoms with Gasteiger partial charge in [0.25, 0.3) is 0 Å². The molecule has 0 aliphatic carbocycles. The molecule has 2 aliphatic rings. The van der Waals surface area contributed by atoms with Crippen molar-refractivity contribution in [3.63, 3.8) is 0 Å². The maximum atomic E-state index is 6.10. The van der Waals surface area contributed by atoms with Crippen LogP contribution in [0.3, 0.4) is 0 Å². The molecule has 0 N–H and O–H groups in total. The third-order valence-electron chi connectivity index (χ3n) is 4.61. The quantitative estimate of drug-likeness (QED) is 0.664. The van der Waals surface area contributed by atoms with Crippen LogP contribution in [0.5, 0.6) is 0 Å². The Kier molecular flexibility index (Phi) is 6.91. The minimum atomic E-state index is -0.669. The Morgan fingerprint density at radius 1 is 0.962 bits per heavy atom. The van der Waals surface area contributed by atoms with Gasteiger partial charge >= 0.3 is 14.6 Å². The Hall–Kier alpha value is -0.110. The minimum absolute atomic E-state index is 0.0981. The van der Waals surface area contributed by atoms with E-state index in [1.54, 1.807) is 0 Å². The maximum absolute atomic E-state index is 6.10. The van der Waals surface area contributed by atoms with E-state index in [0.717, 1.165) is 12.8 Å². The normalized spacial score (nSPS) is 30.3. The molecule has 0 bridgehead atoms. The molecule has 0 unspecified atom stereocenters. The van der Waals surface area contributed by atoms with Crippen LogP contribution >= 0.6 is 0 Å². The first kappa shape index (κ1) is 22.2. The average Bonchev–Trinajstić information content (AvgIpc) is 2.30. The summed E-state index contributed by atoms with van der Waals surface area (Å²) in [6.45, 7) is 18.3. The Morgan fingerprint density at radius 3 is 1.92 bits per heavy atom. The Labute approximate surface area is 159 Å². The van der Waals surface area contributed by atoms with Crippen LogP contribution in [0.2, 0.25) is 0 Å². The van der Waals surface area contributed by atoms with Gasteiger partial charge in [0.05, 0.1) is 16.8 Å². The zero-order valence-corrected chi connectivity index (χ0v) is 18.0. The molecule has 3 atom stereocenters. The van der Waals surface area contributed by atoms with Gasteiger partial charge in [-0.2, -0.15) is 0 Å². The van der Waals surface area contributed by atoms with Gasteiger partial charge in [0.15, 0.2) is 0 Å². The minimum Gasteiger partial charge on any atom is -0.383 e. The smallest absolute Gasteiger partial charge is 0.383 e. The van der Waals surface area contributed by atoms with Crippen LogP contribution in [0, 0.1) is 0 Å². The van der Waals surface area contributed by atoms with E-state index in [1.807, 2.05) is 34.6 Å². The van der Waals surface area contributed by atoms with Gasteiger partial charge in [0.1, 0.15) is 0 Å². The molecule has 0 aromatic heterocycles. The molecule has 0 aromatic rings. The van der Waals surface area contributed by atoms with Crippen molar-refractivity contribution < 1.29 is 27.9 Å². The van der Waals surface area contributed by atoms with Gasteiger partial charge in [-0.3, -0.25) is 0 Å². The summed E-state index contributed by atoms with van der Waals surface area (Å²) in [6, 6.07) is 0. The van der Waals surface area contributed by atoms with Gasteiger partial charge in [-0.15, -0.1) is 0 Å². The molecule has 2 rings (SSSR count). The second-order valence-electron chi connectivity index (χ2n) is 9.66. The molecule has 0 aromatic carbocycles. The van der Waals surface area contributed by atoms with Crippen molar-refractivity contribution >= 4 is 14.6 Å². The topological polar surface area (TPSA) is 55.4 Å². The zero-order chi connectivity index (χ0) is 19.8. The summed E-state index contributed by atoms with van der Waals surface area (Å²) in [4.78, 5) is 0. The fourth-order valence-corrected chi connectivity index (χ4v) is 3.88. The van der Waals surface area contributed by atoms with Crippen molar-refractivity contribution in [3.8, 4) is 0 Å². The summed E-state index contributed by atoms with van der Waals surface area (Å²) in [6.07, 6.45) is 2.44. The van der Waals surface area contributed by atoms with E-state index in [0.29, 0.717) is 6.42 Å². The van der Waals surface area contributed by atoms with Crippen LogP contribution in [0.25, 0.3) is 0 Å². The second-order valence-corrected chi connectivity index (χ2v) is 9.66. The van der Waals surface area contributed by atoms with Gasteiger partial charge in [-0.1, -0.05) is 0 Å². The van der Waals surface area contributed by atoms with E-state index in [4.69, 9.17) is 27.9 Å². The monoisotopic (exact) mass is 370 g/mol. The van der Waals surface area contributed by atoms with Crippen LogP contribution in [0.4, 0.5) is 0 Å². The van der Waals surface area contributed by atoms with Crippen LogP contribution in [0.1, 0.15) is 81.6 Å². The van der Waals surface area contributed by atoms with Gasteiger partial charge in [-0.25, -0.2) is 0 Å². The predicted molar refractivity (Wildman–Crippen MR) is 102 cm³/mol. The Bertz CT molecular complexity index is 471. The third-order valence-corrected chi connectivity index (χ3v) is 4.61. The lowest BCUT2D eigenvalue weighted by atomic mass is 9.92. The Morgan fingerprint density at radius 2 is 1.42 bits per heavy atom. The molecule has 2 saturated heterocycles. The lowest BCUT2D eigenvalue weighted by molar-refractivity contribution is -0.105. The summed E-state index contributed by atoms with van der Waals surface area (Å²) in [5, 5.41) is 0. The van der Waals surface area contributed by atoms with E-state index in [1.165, 1.54) is 0 Å². The van der Waals surface area contributed by atoms with Crippen LogP contribution in [-0.2, 0) is 27.9 Å². The standard InChI is InChI=1S/C18H36B2O6/c1-13-10-16(4,5)24-19(21-13)22-14(2)11-17(6,7)25-20-23-15(3)12-18(8,9)26-20/h13-15H,10-12H2,1-9H3/t13-,14-,15-/m0/s1. The number of rotatable bonds is 6. The van der Waals surface area contributed by atoms with Gasteiger partial charge < -0.3 is 27.9 Å².